The van der Waals surface area contributed by atoms with Crippen LogP contribution in [-0.2, 0) is 16.6 Å². The zero-order valence-corrected chi connectivity index (χ0v) is 14.3. The van der Waals surface area contributed by atoms with E-state index in [4.69, 9.17) is 0 Å². The lowest BCUT2D eigenvalue weighted by Crippen LogP contribution is -2.40. The lowest BCUT2D eigenvalue weighted by molar-refractivity contribution is -0.124. The molecule has 0 saturated carbocycles. The van der Waals surface area contributed by atoms with Crippen molar-refractivity contribution in [3.05, 3.63) is 71.3 Å². The van der Waals surface area contributed by atoms with Crippen molar-refractivity contribution in [3.8, 4) is 0 Å². The summed E-state index contributed by atoms with van der Waals surface area (Å²) in [6, 6.07) is 12.8. The van der Waals surface area contributed by atoms with Crippen molar-refractivity contribution in [3.63, 3.8) is 0 Å². The molecule has 0 saturated heterocycles. The summed E-state index contributed by atoms with van der Waals surface area (Å²) in [5.41, 5.74) is 0.841. The minimum atomic E-state index is -0.514. The molecule has 2 aromatic rings. The molecule has 0 bridgehead atoms. The van der Waals surface area contributed by atoms with E-state index in [1.807, 2.05) is 13.8 Å². The zero-order valence-electron chi connectivity index (χ0n) is 14.3. The van der Waals surface area contributed by atoms with Gasteiger partial charge in [0.2, 0.25) is 5.91 Å². The van der Waals surface area contributed by atoms with Crippen LogP contribution in [0.4, 0.5) is 8.78 Å². The topological polar surface area (TPSA) is 29.1 Å². The minimum Gasteiger partial charge on any atom is -0.355 e. The fourth-order valence-electron chi connectivity index (χ4n) is 2.70. The maximum absolute atomic E-state index is 13.9. The molecular formula is C20H23F2NO. The molecule has 4 heteroatoms. The Balaban J connectivity index is 1.95. The van der Waals surface area contributed by atoms with Gasteiger partial charge in [-0.15, -0.1) is 0 Å². The van der Waals surface area contributed by atoms with E-state index in [9.17, 15) is 13.6 Å². The second-order valence-corrected chi connectivity index (χ2v) is 6.82. The molecule has 0 unspecified atom stereocenters. The molecule has 1 N–H and O–H groups in total. The summed E-state index contributed by atoms with van der Waals surface area (Å²) in [7, 11) is 0. The average Bonchev–Trinajstić information content (AvgIpc) is 2.53. The van der Waals surface area contributed by atoms with Crippen molar-refractivity contribution in [1.29, 1.82) is 0 Å². The van der Waals surface area contributed by atoms with Gasteiger partial charge in [-0.25, -0.2) is 8.78 Å². The van der Waals surface area contributed by atoms with Crippen LogP contribution >= 0.6 is 0 Å². The number of benzene rings is 2. The third kappa shape index (κ3) is 4.63. The fraction of sp³-hybridized carbons (Fsp3) is 0.350. The number of nitrogens with one attached hydrogen (secondary N) is 1. The van der Waals surface area contributed by atoms with Gasteiger partial charge in [0.15, 0.2) is 0 Å². The van der Waals surface area contributed by atoms with Gasteiger partial charge in [-0.05, 0) is 35.7 Å². The summed E-state index contributed by atoms with van der Waals surface area (Å²) in [4.78, 5) is 12.3. The fourth-order valence-corrected chi connectivity index (χ4v) is 2.70. The first-order valence-corrected chi connectivity index (χ1v) is 8.07. The van der Waals surface area contributed by atoms with Gasteiger partial charge in [0.1, 0.15) is 11.6 Å². The molecule has 0 aliphatic rings. The molecule has 0 spiro atoms. The Bertz CT molecular complexity index is 712. The van der Waals surface area contributed by atoms with Crippen LogP contribution in [-0.4, -0.2) is 12.5 Å². The Morgan fingerprint density at radius 3 is 2.50 bits per heavy atom. The number of hydrogen-bond donors (Lipinski definition) is 1. The molecule has 24 heavy (non-hydrogen) atoms. The van der Waals surface area contributed by atoms with Crippen LogP contribution in [0.1, 0.15) is 31.9 Å². The van der Waals surface area contributed by atoms with Crippen molar-refractivity contribution >= 4 is 5.91 Å². The lowest BCUT2D eigenvalue weighted by Gasteiger charge is -2.27. The van der Waals surface area contributed by atoms with Gasteiger partial charge in [-0.3, -0.25) is 4.79 Å². The van der Waals surface area contributed by atoms with E-state index in [2.05, 4.69) is 5.32 Å². The monoisotopic (exact) mass is 331 g/mol. The van der Waals surface area contributed by atoms with Crippen molar-refractivity contribution < 1.29 is 13.6 Å². The zero-order chi connectivity index (χ0) is 17.7. The van der Waals surface area contributed by atoms with Crippen LogP contribution in [0.3, 0.4) is 0 Å². The Hall–Kier alpha value is -2.23. The molecular weight excluding hydrogens is 308 g/mol. The van der Waals surface area contributed by atoms with Crippen LogP contribution in [0.2, 0.25) is 0 Å². The maximum atomic E-state index is 13.9. The smallest absolute Gasteiger partial charge is 0.223 e. The van der Waals surface area contributed by atoms with E-state index in [0.717, 1.165) is 5.56 Å². The van der Waals surface area contributed by atoms with E-state index >= 15 is 0 Å². The van der Waals surface area contributed by atoms with E-state index in [1.165, 1.54) is 18.2 Å². The number of carbonyl (C=O) groups excluding carboxylic acids is 1. The molecule has 0 aliphatic heterocycles. The quantitative estimate of drug-likeness (QED) is 0.843. The molecule has 2 nitrogen and oxygen atoms in total. The molecule has 1 atom stereocenters. The van der Waals surface area contributed by atoms with Crippen LogP contribution < -0.4 is 5.32 Å². The summed E-state index contributed by atoms with van der Waals surface area (Å²) in [5, 5.41) is 2.88. The molecule has 1 amide bonds. The van der Waals surface area contributed by atoms with E-state index < -0.39 is 5.41 Å². The maximum Gasteiger partial charge on any atom is 0.223 e. The molecule has 2 rings (SSSR count). The van der Waals surface area contributed by atoms with E-state index in [0.29, 0.717) is 18.5 Å². The first kappa shape index (κ1) is 18.1. The summed E-state index contributed by atoms with van der Waals surface area (Å²) in [6.07, 6.45) is 0.462. The molecule has 0 aromatic heterocycles. The van der Waals surface area contributed by atoms with Crippen LogP contribution in [0.25, 0.3) is 0 Å². The predicted molar refractivity (Wildman–Crippen MR) is 91.7 cm³/mol. The van der Waals surface area contributed by atoms with Crippen molar-refractivity contribution in [2.75, 3.05) is 6.54 Å². The van der Waals surface area contributed by atoms with Crippen LogP contribution in [0.5, 0.6) is 0 Å². The second-order valence-electron chi connectivity index (χ2n) is 6.82. The predicted octanol–water partition coefficient (Wildman–Crippen LogP) is 4.24. The Labute approximate surface area is 141 Å². The number of rotatable bonds is 6. The average molecular weight is 331 g/mol. The molecule has 0 radical (unpaired) electrons. The number of carbonyl (C=O) groups is 1. The molecule has 0 heterocycles. The highest BCUT2D eigenvalue weighted by atomic mass is 19.1. The van der Waals surface area contributed by atoms with Crippen LogP contribution in [0, 0.1) is 17.6 Å². The number of amides is 1. The van der Waals surface area contributed by atoms with E-state index in [1.54, 1.807) is 37.3 Å². The Morgan fingerprint density at radius 2 is 1.83 bits per heavy atom. The minimum absolute atomic E-state index is 0.122. The number of halogens is 2. The SMILES string of the molecule is C[C@@H](Cc1cccc(F)c1)C(=O)NCC(C)(C)c1ccccc1F. The molecule has 2 aromatic carbocycles. The Kier molecular flexibility index (Phi) is 5.71. The summed E-state index contributed by atoms with van der Waals surface area (Å²) >= 11 is 0. The van der Waals surface area contributed by atoms with Gasteiger partial charge in [0.25, 0.3) is 0 Å². The highest BCUT2D eigenvalue weighted by Crippen LogP contribution is 2.25. The first-order chi connectivity index (χ1) is 11.3. The standard InChI is InChI=1S/C20H23F2NO/c1-14(11-15-7-6-8-16(21)12-15)19(24)23-13-20(2,3)17-9-4-5-10-18(17)22/h4-10,12,14H,11,13H2,1-3H3,(H,23,24)/t14-/m0/s1. The summed E-state index contributed by atoms with van der Waals surface area (Å²) in [6.45, 7) is 5.92. The van der Waals surface area contributed by atoms with Gasteiger partial charge in [-0.2, -0.15) is 0 Å². The first-order valence-electron chi connectivity index (χ1n) is 8.07. The van der Waals surface area contributed by atoms with Crippen molar-refractivity contribution in [2.45, 2.75) is 32.6 Å². The highest BCUT2D eigenvalue weighted by molar-refractivity contribution is 5.78. The van der Waals surface area contributed by atoms with Gasteiger partial charge in [-0.1, -0.05) is 51.1 Å². The molecule has 0 fully saturated rings. The highest BCUT2D eigenvalue weighted by Gasteiger charge is 2.25. The van der Waals surface area contributed by atoms with Gasteiger partial charge in [0, 0.05) is 17.9 Å². The largest absolute Gasteiger partial charge is 0.355 e. The lowest BCUT2D eigenvalue weighted by atomic mass is 9.84. The molecule has 128 valence electrons. The van der Waals surface area contributed by atoms with Crippen molar-refractivity contribution in [1.82, 2.24) is 5.32 Å². The van der Waals surface area contributed by atoms with Crippen molar-refractivity contribution in [2.24, 2.45) is 5.92 Å². The molecule has 0 aliphatic carbocycles. The van der Waals surface area contributed by atoms with Crippen LogP contribution in [0.15, 0.2) is 48.5 Å². The normalized spacial score (nSPS) is 12.7. The third-order valence-electron chi connectivity index (χ3n) is 4.19. The van der Waals surface area contributed by atoms with Gasteiger partial charge < -0.3 is 5.32 Å². The van der Waals surface area contributed by atoms with Gasteiger partial charge in [0.05, 0.1) is 0 Å². The second kappa shape index (κ2) is 7.56. The number of hydrogen-bond acceptors (Lipinski definition) is 1. The Morgan fingerprint density at radius 1 is 1.12 bits per heavy atom. The summed E-state index contributed by atoms with van der Waals surface area (Å²) < 4.78 is 27.2. The third-order valence-corrected chi connectivity index (χ3v) is 4.19. The summed E-state index contributed by atoms with van der Waals surface area (Å²) in [5.74, 6) is -0.989. The van der Waals surface area contributed by atoms with Gasteiger partial charge >= 0.3 is 0 Å². The van der Waals surface area contributed by atoms with E-state index in [-0.39, 0.29) is 23.5 Å².